The molecule has 0 aliphatic carbocycles. The molecule has 1 aliphatic rings. The fourth-order valence-electron chi connectivity index (χ4n) is 3.09. The summed E-state index contributed by atoms with van der Waals surface area (Å²) in [5, 5.41) is 0. The lowest BCUT2D eigenvalue weighted by atomic mass is 9.98. The normalized spacial score (nSPS) is 17.5. The number of rotatable bonds is 4. The molecule has 5 nitrogen and oxygen atoms in total. The number of hydrogen-bond acceptors (Lipinski definition) is 3. The maximum atomic E-state index is 12.5. The van der Waals surface area contributed by atoms with Gasteiger partial charge in [0.1, 0.15) is 5.69 Å². The first-order valence-corrected chi connectivity index (χ1v) is 8.28. The van der Waals surface area contributed by atoms with Gasteiger partial charge in [-0.15, -0.1) is 0 Å². The van der Waals surface area contributed by atoms with E-state index in [1.54, 1.807) is 10.6 Å². The van der Waals surface area contributed by atoms with Crippen molar-refractivity contribution in [1.29, 1.82) is 0 Å². The smallest absolute Gasteiger partial charge is 0.354 e. The topological polar surface area (TPSA) is 51.5 Å². The Labute approximate surface area is 141 Å². The highest BCUT2D eigenvalue weighted by Crippen LogP contribution is 2.19. The Morgan fingerprint density at radius 1 is 1.17 bits per heavy atom. The molecule has 1 aliphatic heterocycles. The molecule has 1 atom stereocenters. The lowest BCUT2D eigenvalue weighted by Gasteiger charge is -2.32. The van der Waals surface area contributed by atoms with Gasteiger partial charge in [0.25, 0.3) is 5.91 Å². The summed E-state index contributed by atoms with van der Waals surface area (Å²) in [4.78, 5) is 26.5. The SMILES string of the molecule is Cn1cccc1C(=O)OCC1CCCN(C(=O)c2ccccc2)C1. The van der Waals surface area contributed by atoms with Crippen LogP contribution in [0.15, 0.2) is 48.7 Å². The van der Waals surface area contributed by atoms with Crippen molar-refractivity contribution < 1.29 is 14.3 Å². The number of hydrogen-bond donors (Lipinski definition) is 0. The van der Waals surface area contributed by atoms with Crippen LogP contribution in [0, 0.1) is 5.92 Å². The standard InChI is InChI=1S/C19H22N2O3/c1-20-11-6-10-17(20)19(23)24-14-15-7-5-12-21(13-15)18(22)16-8-3-2-4-9-16/h2-4,6,8-11,15H,5,7,12-14H2,1H3. The number of esters is 1. The molecule has 1 fully saturated rings. The number of aromatic nitrogens is 1. The second kappa shape index (κ2) is 7.34. The van der Waals surface area contributed by atoms with Gasteiger partial charge in [-0.2, -0.15) is 0 Å². The Bertz CT molecular complexity index is 708. The van der Waals surface area contributed by atoms with Gasteiger partial charge in [0.2, 0.25) is 0 Å². The van der Waals surface area contributed by atoms with Gasteiger partial charge >= 0.3 is 5.97 Å². The average Bonchev–Trinajstić information content (AvgIpc) is 3.06. The predicted octanol–water partition coefficient (Wildman–Crippen LogP) is 2.73. The molecular weight excluding hydrogens is 304 g/mol. The number of ether oxygens (including phenoxy) is 1. The van der Waals surface area contributed by atoms with Crippen molar-refractivity contribution in [3.63, 3.8) is 0 Å². The Hall–Kier alpha value is -2.56. The molecule has 0 saturated carbocycles. The molecule has 126 valence electrons. The largest absolute Gasteiger partial charge is 0.461 e. The number of piperidine rings is 1. The Morgan fingerprint density at radius 3 is 2.67 bits per heavy atom. The Kier molecular flexibility index (Phi) is 4.99. The van der Waals surface area contributed by atoms with Crippen LogP contribution in [0.1, 0.15) is 33.7 Å². The van der Waals surface area contributed by atoms with Crippen LogP contribution in [0.2, 0.25) is 0 Å². The van der Waals surface area contributed by atoms with Gasteiger partial charge in [0, 0.05) is 37.8 Å². The molecule has 1 aromatic heterocycles. The molecule has 0 radical (unpaired) electrons. The maximum Gasteiger partial charge on any atom is 0.354 e. The van der Waals surface area contributed by atoms with Crippen molar-refractivity contribution in [2.75, 3.05) is 19.7 Å². The second-order valence-corrected chi connectivity index (χ2v) is 6.23. The van der Waals surface area contributed by atoms with Crippen molar-refractivity contribution >= 4 is 11.9 Å². The molecule has 2 heterocycles. The van der Waals surface area contributed by atoms with E-state index in [2.05, 4.69) is 0 Å². The molecule has 5 heteroatoms. The first-order valence-electron chi connectivity index (χ1n) is 8.28. The van der Waals surface area contributed by atoms with E-state index in [-0.39, 0.29) is 17.8 Å². The van der Waals surface area contributed by atoms with Crippen LogP contribution < -0.4 is 0 Å². The zero-order valence-electron chi connectivity index (χ0n) is 13.9. The zero-order chi connectivity index (χ0) is 16.9. The van der Waals surface area contributed by atoms with Crippen molar-refractivity contribution in [2.24, 2.45) is 13.0 Å². The van der Waals surface area contributed by atoms with Gasteiger partial charge < -0.3 is 14.2 Å². The first-order chi connectivity index (χ1) is 11.6. The van der Waals surface area contributed by atoms with Gasteiger partial charge in [-0.05, 0) is 37.1 Å². The van der Waals surface area contributed by atoms with E-state index in [9.17, 15) is 9.59 Å². The highest BCUT2D eigenvalue weighted by molar-refractivity contribution is 5.94. The summed E-state index contributed by atoms with van der Waals surface area (Å²) in [6.07, 6.45) is 3.72. The fourth-order valence-corrected chi connectivity index (χ4v) is 3.09. The van der Waals surface area contributed by atoms with Crippen LogP contribution in [0.25, 0.3) is 0 Å². The minimum atomic E-state index is -0.311. The highest BCUT2D eigenvalue weighted by atomic mass is 16.5. The van der Waals surface area contributed by atoms with E-state index < -0.39 is 0 Å². The molecule has 3 rings (SSSR count). The van der Waals surface area contributed by atoms with Crippen molar-refractivity contribution in [2.45, 2.75) is 12.8 Å². The lowest BCUT2D eigenvalue weighted by molar-refractivity contribution is 0.0333. The van der Waals surface area contributed by atoms with Crippen LogP contribution in [0.4, 0.5) is 0 Å². The first kappa shape index (κ1) is 16.3. The number of carbonyl (C=O) groups excluding carboxylic acids is 2. The lowest BCUT2D eigenvalue weighted by Crippen LogP contribution is -2.41. The minimum Gasteiger partial charge on any atom is -0.461 e. The molecule has 0 N–H and O–H groups in total. The van der Waals surface area contributed by atoms with E-state index in [1.807, 2.05) is 54.5 Å². The molecule has 2 aromatic rings. The van der Waals surface area contributed by atoms with Gasteiger partial charge in [-0.25, -0.2) is 4.79 Å². The number of carbonyl (C=O) groups is 2. The maximum absolute atomic E-state index is 12.5. The van der Waals surface area contributed by atoms with E-state index in [1.165, 1.54) is 0 Å². The van der Waals surface area contributed by atoms with E-state index in [0.717, 1.165) is 19.4 Å². The van der Waals surface area contributed by atoms with Crippen LogP contribution in [0.3, 0.4) is 0 Å². The summed E-state index contributed by atoms with van der Waals surface area (Å²) in [5.41, 5.74) is 1.25. The summed E-state index contributed by atoms with van der Waals surface area (Å²) in [7, 11) is 1.82. The number of likely N-dealkylation sites (tertiary alicyclic amines) is 1. The third-order valence-corrected chi connectivity index (χ3v) is 4.43. The van der Waals surface area contributed by atoms with Gasteiger partial charge in [0.05, 0.1) is 6.61 Å². The van der Waals surface area contributed by atoms with Crippen LogP contribution in [-0.2, 0) is 11.8 Å². The summed E-state index contributed by atoms with van der Waals surface area (Å²) in [6.45, 7) is 1.74. The Morgan fingerprint density at radius 2 is 1.96 bits per heavy atom. The van der Waals surface area contributed by atoms with Crippen LogP contribution >= 0.6 is 0 Å². The van der Waals surface area contributed by atoms with Crippen molar-refractivity contribution in [3.05, 3.63) is 59.9 Å². The van der Waals surface area contributed by atoms with Crippen molar-refractivity contribution in [3.8, 4) is 0 Å². The quantitative estimate of drug-likeness (QED) is 0.812. The molecule has 24 heavy (non-hydrogen) atoms. The molecule has 1 amide bonds. The molecule has 1 unspecified atom stereocenters. The number of aryl methyl sites for hydroxylation is 1. The summed E-state index contributed by atoms with van der Waals surface area (Å²) < 4.78 is 7.19. The van der Waals surface area contributed by atoms with E-state index in [4.69, 9.17) is 4.74 Å². The number of amides is 1. The van der Waals surface area contributed by atoms with E-state index in [0.29, 0.717) is 24.4 Å². The summed E-state index contributed by atoms with van der Waals surface area (Å²) >= 11 is 0. The number of benzene rings is 1. The molecule has 1 aromatic carbocycles. The number of nitrogens with zero attached hydrogens (tertiary/aromatic N) is 2. The van der Waals surface area contributed by atoms with Gasteiger partial charge in [0.15, 0.2) is 0 Å². The van der Waals surface area contributed by atoms with Gasteiger partial charge in [-0.1, -0.05) is 18.2 Å². The van der Waals surface area contributed by atoms with Crippen LogP contribution in [-0.4, -0.2) is 41.0 Å². The molecule has 0 bridgehead atoms. The Balaban J connectivity index is 1.55. The third kappa shape index (κ3) is 3.67. The second-order valence-electron chi connectivity index (χ2n) is 6.23. The monoisotopic (exact) mass is 326 g/mol. The van der Waals surface area contributed by atoms with Crippen LogP contribution in [0.5, 0.6) is 0 Å². The fraction of sp³-hybridized carbons (Fsp3) is 0.368. The van der Waals surface area contributed by atoms with Gasteiger partial charge in [-0.3, -0.25) is 4.79 Å². The highest BCUT2D eigenvalue weighted by Gasteiger charge is 2.25. The van der Waals surface area contributed by atoms with E-state index >= 15 is 0 Å². The molecular formula is C19H22N2O3. The average molecular weight is 326 g/mol. The zero-order valence-corrected chi connectivity index (χ0v) is 13.9. The third-order valence-electron chi connectivity index (χ3n) is 4.43. The molecule has 0 spiro atoms. The molecule has 1 saturated heterocycles. The minimum absolute atomic E-state index is 0.0501. The summed E-state index contributed by atoms with van der Waals surface area (Å²) in [6, 6.07) is 12.9. The predicted molar refractivity (Wildman–Crippen MR) is 90.8 cm³/mol. The summed E-state index contributed by atoms with van der Waals surface area (Å²) in [5.74, 6) is -0.0706. The van der Waals surface area contributed by atoms with Crippen molar-refractivity contribution in [1.82, 2.24) is 9.47 Å².